The average molecular weight is 457 g/mol. The lowest BCUT2D eigenvalue weighted by Crippen LogP contribution is -2.39. The van der Waals surface area contributed by atoms with Crippen molar-refractivity contribution in [3.63, 3.8) is 0 Å². The van der Waals surface area contributed by atoms with Gasteiger partial charge in [0.15, 0.2) is 0 Å². The maximum absolute atomic E-state index is 12.0. The topological polar surface area (TPSA) is 85.8 Å². The van der Waals surface area contributed by atoms with Gasteiger partial charge in [-0.3, -0.25) is 4.79 Å². The van der Waals surface area contributed by atoms with E-state index < -0.39 is 0 Å². The monoisotopic (exact) mass is 456 g/mol. The molecule has 1 N–H and O–H groups in total. The number of carbonyl (C=O) groups is 1. The molecule has 1 aromatic heterocycles. The molecule has 0 bridgehead atoms. The first-order valence-corrected chi connectivity index (χ1v) is 11.9. The fourth-order valence-electron chi connectivity index (χ4n) is 4.30. The largest absolute Gasteiger partial charge is 0.469 e. The molecule has 180 valence electrons. The molecule has 33 heavy (non-hydrogen) atoms. The van der Waals surface area contributed by atoms with Crippen molar-refractivity contribution >= 4 is 23.0 Å². The van der Waals surface area contributed by atoms with Crippen LogP contribution < -0.4 is 15.0 Å². The molecule has 0 saturated carbocycles. The second-order valence-electron chi connectivity index (χ2n) is 8.10. The summed E-state index contributed by atoms with van der Waals surface area (Å²) in [4.78, 5) is 23.0. The molecule has 1 aliphatic rings. The van der Waals surface area contributed by atoms with Gasteiger partial charge in [-0.2, -0.15) is 0 Å². The van der Waals surface area contributed by atoms with E-state index in [0.717, 1.165) is 61.6 Å². The number of carbonyl (C=O) groups excluding carboxylic acids is 1. The SMILES string of the molecule is CCOc1ncc(Nc2cc([C@H](CC)CC(=O)OC)ccc2N(CC)C2CCOCC2)cn1. The zero-order chi connectivity index (χ0) is 23.6. The highest BCUT2D eigenvalue weighted by atomic mass is 16.5. The first-order valence-electron chi connectivity index (χ1n) is 11.9. The molecule has 0 aliphatic carbocycles. The Kier molecular flexibility index (Phi) is 9.30. The number of anilines is 3. The molecule has 0 amide bonds. The van der Waals surface area contributed by atoms with Crippen molar-refractivity contribution in [2.45, 2.75) is 58.4 Å². The molecular formula is C25H36N4O4. The number of nitrogens with zero attached hydrogens (tertiary/aromatic N) is 3. The van der Waals surface area contributed by atoms with E-state index in [1.165, 1.54) is 7.11 Å². The zero-order valence-electron chi connectivity index (χ0n) is 20.2. The maximum atomic E-state index is 12.0. The van der Waals surface area contributed by atoms with Crippen LogP contribution >= 0.6 is 0 Å². The molecule has 2 heterocycles. The molecule has 0 spiro atoms. The Labute approximate surface area is 196 Å². The summed E-state index contributed by atoms with van der Waals surface area (Å²) in [6.07, 6.45) is 6.66. The lowest BCUT2D eigenvalue weighted by molar-refractivity contribution is -0.141. The van der Waals surface area contributed by atoms with Crippen LogP contribution in [0.1, 0.15) is 57.9 Å². The number of aromatic nitrogens is 2. The highest BCUT2D eigenvalue weighted by molar-refractivity contribution is 5.77. The van der Waals surface area contributed by atoms with Crippen LogP contribution in [0.25, 0.3) is 0 Å². The maximum Gasteiger partial charge on any atom is 0.316 e. The fourth-order valence-corrected chi connectivity index (χ4v) is 4.30. The van der Waals surface area contributed by atoms with Crippen LogP contribution in [0.4, 0.5) is 17.1 Å². The molecule has 1 saturated heterocycles. The van der Waals surface area contributed by atoms with Crippen LogP contribution in [-0.2, 0) is 14.3 Å². The van der Waals surface area contributed by atoms with E-state index in [0.29, 0.717) is 25.1 Å². The molecule has 1 aliphatic heterocycles. The second-order valence-corrected chi connectivity index (χ2v) is 8.10. The minimum absolute atomic E-state index is 0.0850. The van der Waals surface area contributed by atoms with Gasteiger partial charge in [0.1, 0.15) is 0 Å². The Morgan fingerprint density at radius 3 is 2.55 bits per heavy atom. The summed E-state index contributed by atoms with van der Waals surface area (Å²) in [6.45, 7) is 9.15. The number of ether oxygens (including phenoxy) is 3. The molecule has 3 rings (SSSR count). The fraction of sp³-hybridized carbons (Fsp3) is 0.560. The summed E-state index contributed by atoms with van der Waals surface area (Å²) in [5, 5.41) is 3.51. The number of nitrogens with one attached hydrogen (secondary N) is 1. The van der Waals surface area contributed by atoms with Crippen molar-refractivity contribution in [3.05, 3.63) is 36.2 Å². The number of benzene rings is 1. The summed E-state index contributed by atoms with van der Waals surface area (Å²) >= 11 is 0. The van der Waals surface area contributed by atoms with Crippen LogP contribution in [0.3, 0.4) is 0 Å². The quantitative estimate of drug-likeness (QED) is 0.488. The molecule has 1 fully saturated rings. The van der Waals surface area contributed by atoms with Gasteiger partial charge in [-0.15, -0.1) is 0 Å². The van der Waals surface area contributed by atoms with Crippen molar-refractivity contribution < 1.29 is 19.0 Å². The van der Waals surface area contributed by atoms with Gasteiger partial charge in [0.2, 0.25) is 0 Å². The number of rotatable bonds is 11. The van der Waals surface area contributed by atoms with E-state index in [4.69, 9.17) is 14.2 Å². The minimum atomic E-state index is -0.197. The Morgan fingerprint density at radius 2 is 1.94 bits per heavy atom. The summed E-state index contributed by atoms with van der Waals surface area (Å²) in [6, 6.07) is 7.22. The lowest BCUT2D eigenvalue weighted by Gasteiger charge is -2.37. The van der Waals surface area contributed by atoms with Gasteiger partial charge in [-0.25, -0.2) is 9.97 Å². The van der Waals surface area contributed by atoms with Crippen LogP contribution in [0.15, 0.2) is 30.6 Å². The Balaban J connectivity index is 1.95. The van der Waals surface area contributed by atoms with Crippen molar-refractivity contribution in [3.8, 4) is 6.01 Å². The van der Waals surface area contributed by atoms with Crippen molar-refractivity contribution in [1.29, 1.82) is 0 Å². The lowest BCUT2D eigenvalue weighted by atomic mass is 9.92. The predicted octanol–water partition coefficient (Wildman–Crippen LogP) is 4.68. The number of hydrogen-bond acceptors (Lipinski definition) is 8. The molecule has 2 aromatic rings. The minimum Gasteiger partial charge on any atom is -0.469 e. The first-order chi connectivity index (χ1) is 16.1. The molecule has 8 heteroatoms. The van der Waals surface area contributed by atoms with Crippen LogP contribution in [0.5, 0.6) is 6.01 Å². The van der Waals surface area contributed by atoms with E-state index in [1.54, 1.807) is 12.4 Å². The second kappa shape index (κ2) is 12.4. The molecule has 0 unspecified atom stereocenters. The van der Waals surface area contributed by atoms with E-state index in [-0.39, 0.29) is 11.9 Å². The van der Waals surface area contributed by atoms with Gasteiger partial charge in [0, 0.05) is 25.8 Å². The van der Waals surface area contributed by atoms with E-state index in [2.05, 4.69) is 52.2 Å². The Hall–Kier alpha value is -2.87. The highest BCUT2D eigenvalue weighted by Crippen LogP contribution is 2.36. The molecular weight excluding hydrogens is 420 g/mol. The van der Waals surface area contributed by atoms with Crippen LogP contribution in [0, 0.1) is 0 Å². The van der Waals surface area contributed by atoms with E-state index in [1.807, 2.05) is 6.92 Å². The zero-order valence-corrected chi connectivity index (χ0v) is 20.2. The molecule has 8 nitrogen and oxygen atoms in total. The standard InChI is InChI=1S/C25H36N4O4/c1-5-18(15-24(30)31-4)19-8-9-23(29(6-2)21-10-12-32-13-11-21)22(14-19)28-20-16-26-25(27-17-20)33-7-3/h8-9,14,16-18,21,28H,5-7,10-13,15H2,1-4H3/t18-/m1/s1. The van der Waals surface area contributed by atoms with Crippen LogP contribution in [0.2, 0.25) is 0 Å². The van der Waals surface area contributed by atoms with E-state index >= 15 is 0 Å². The van der Waals surface area contributed by atoms with Crippen molar-refractivity contribution in [2.24, 2.45) is 0 Å². The summed E-state index contributed by atoms with van der Waals surface area (Å²) in [5.41, 5.74) is 3.97. The normalized spacial score (nSPS) is 15.0. The smallest absolute Gasteiger partial charge is 0.316 e. The van der Waals surface area contributed by atoms with Gasteiger partial charge in [0.05, 0.1) is 49.6 Å². The first kappa shape index (κ1) is 24.8. The Morgan fingerprint density at radius 1 is 1.21 bits per heavy atom. The van der Waals surface area contributed by atoms with Crippen LogP contribution in [-0.4, -0.2) is 55.5 Å². The molecule has 0 radical (unpaired) electrons. The van der Waals surface area contributed by atoms with E-state index in [9.17, 15) is 4.79 Å². The third-order valence-electron chi connectivity index (χ3n) is 6.09. The molecule has 1 atom stereocenters. The highest BCUT2D eigenvalue weighted by Gasteiger charge is 2.24. The summed E-state index contributed by atoms with van der Waals surface area (Å²) < 4.78 is 15.9. The van der Waals surface area contributed by atoms with Gasteiger partial charge < -0.3 is 24.4 Å². The number of methoxy groups -OCH3 is 1. The summed E-state index contributed by atoms with van der Waals surface area (Å²) in [5.74, 6) is -0.112. The number of esters is 1. The summed E-state index contributed by atoms with van der Waals surface area (Å²) in [7, 11) is 1.43. The predicted molar refractivity (Wildman–Crippen MR) is 129 cm³/mol. The third kappa shape index (κ3) is 6.57. The number of hydrogen-bond donors (Lipinski definition) is 1. The van der Waals surface area contributed by atoms with Crippen molar-refractivity contribution in [1.82, 2.24) is 9.97 Å². The van der Waals surface area contributed by atoms with Gasteiger partial charge in [-0.1, -0.05) is 13.0 Å². The molecule has 1 aromatic carbocycles. The average Bonchev–Trinajstić information content (AvgIpc) is 2.85. The van der Waals surface area contributed by atoms with Gasteiger partial charge >= 0.3 is 12.0 Å². The Bertz CT molecular complexity index is 884. The van der Waals surface area contributed by atoms with Gasteiger partial charge in [-0.05, 0) is 56.7 Å². The van der Waals surface area contributed by atoms with Gasteiger partial charge in [0.25, 0.3) is 0 Å². The van der Waals surface area contributed by atoms with Crippen molar-refractivity contribution in [2.75, 3.05) is 43.7 Å². The third-order valence-corrected chi connectivity index (χ3v) is 6.09.